The van der Waals surface area contributed by atoms with Crippen LogP contribution in [0.15, 0.2) is 30.6 Å². The second-order valence-electron chi connectivity index (χ2n) is 7.31. The molecule has 4 heterocycles. The molecule has 2 N–H and O–H groups in total. The third-order valence-corrected chi connectivity index (χ3v) is 6.09. The number of hydrogen-bond donors (Lipinski definition) is 2. The number of rotatable bonds is 6. The summed E-state index contributed by atoms with van der Waals surface area (Å²) in [6.07, 6.45) is 11.2. The highest BCUT2D eigenvalue weighted by Crippen LogP contribution is 2.40. The summed E-state index contributed by atoms with van der Waals surface area (Å²) in [5.41, 5.74) is 2.55. The molecule has 0 radical (unpaired) electrons. The zero-order valence-electron chi connectivity index (χ0n) is 17.3. The van der Waals surface area contributed by atoms with Gasteiger partial charge in [0.05, 0.1) is 17.1 Å². The van der Waals surface area contributed by atoms with Crippen molar-refractivity contribution in [1.82, 2.24) is 25.5 Å². The summed E-state index contributed by atoms with van der Waals surface area (Å²) in [5, 5.41) is 11.1. The number of terminal acetylenes is 1. The Labute approximate surface area is 185 Å². The van der Waals surface area contributed by atoms with E-state index in [2.05, 4.69) is 31.3 Å². The number of hydrogen-bond acceptors (Lipinski definition) is 7. The van der Waals surface area contributed by atoms with E-state index in [1.54, 1.807) is 24.5 Å². The number of ether oxygens (including phenoxy) is 1. The molecule has 1 amide bonds. The summed E-state index contributed by atoms with van der Waals surface area (Å²) in [7, 11) is 0. The van der Waals surface area contributed by atoms with Crippen molar-refractivity contribution >= 4 is 23.2 Å². The van der Waals surface area contributed by atoms with Crippen molar-refractivity contribution in [2.24, 2.45) is 0 Å². The number of pyridine rings is 1. The van der Waals surface area contributed by atoms with Crippen molar-refractivity contribution in [3.05, 3.63) is 36.3 Å². The van der Waals surface area contributed by atoms with E-state index >= 15 is 0 Å². The first-order chi connectivity index (χ1) is 15.1. The van der Waals surface area contributed by atoms with Gasteiger partial charge in [0, 0.05) is 31.0 Å². The van der Waals surface area contributed by atoms with E-state index in [4.69, 9.17) is 16.1 Å². The Hall–Kier alpha value is -3.38. The van der Waals surface area contributed by atoms with Crippen LogP contribution in [0.25, 0.3) is 21.1 Å². The standard InChI is InChI=1S/C22H24N6O2S/c1-3-15(2)30-22(29)24-14-17-12-18(27-26-17)19-20(28-10-5-4-6-11-28)25-21(31-19)16-8-7-9-23-13-16/h1,7-9,12-13,15H,4-6,10-11,14H2,2H3,(H,24,29)(H,26,27). The normalized spacial score (nSPS) is 14.6. The Morgan fingerprint density at radius 3 is 3.00 bits per heavy atom. The lowest BCUT2D eigenvalue weighted by molar-refractivity contribution is 0.130. The molecule has 4 rings (SSSR count). The summed E-state index contributed by atoms with van der Waals surface area (Å²) in [5.74, 6) is 3.31. The van der Waals surface area contributed by atoms with E-state index in [1.807, 2.05) is 24.4 Å². The number of thiazole rings is 1. The molecule has 3 aromatic rings. The minimum absolute atomic E-state index is 0.260. The fraction of sp³-hybridized carbons (Fsp3) is 0.364. The van der Waals surface area contributed by atoms with Crippen molar-refractivity contribution in [2.75, 3.05) is 18.0 Å². The molecule has 9 heteroatoms. The first kappa shape index (κ1) is 20.9. The van der Waals surface area contributed by atoms with Crippen molar-refractivity contribution in [3.8, 4) is 33.5 Å². The summed E-state index contributed by atoms with van der Waals surface area (Å²) in [4.78, 5) is 24.3. The highest BCUT2D eigenvalue weighted by molar-refractivity contribution is 7.19. The summed E-state index contributed by atoms with van der Waals surface area (Å²) in [6, 6.07) is 5.85. The van der Waals surface area contributed by atoms with Gasteiger partial charge in [0.1, 0.15) is 16.5 Å². The largest absolute Gasteiger partial charge is 0.433 e. The van der Waals surface area contributed by atoms with Gasteiger partial charge < -0.3 is 15.0 Å². The Bertz CT molecular complexity index is 1070. The smallest absolute Gasteiger partial charge is 0.408 e. The zero-order chi connectivity index (χ0) is 21.6. The van der Waals surface area contributed by atoms with Crippen LogP contribution in [0.3, 0.4) is 0 Å². The van der Waals surface area contributed by atoms with Crippen LogP contribution in [0, 0.1) is 12.3 Å². The van der Waals surface area contributed by atoms with Crippen LogP contribution in [-0.2, 0) is 11.3 Å². The molecule has 1 aliphatic rings. The fourth-order valence-corrected chi connectivity index (χ4v) is 4.42. The Morgan fingerprint density at radius 2 is 2.26 bits per heavy atom. The highest BCUT2D eigenvalue weighted by Gasteiger charge is 2.23. The predicted octanol–water partition coefficient (Wildman–Crippen LogP) is 3.83. The predicted molar refractivity (Wildman–Crippen MR) is 121 cm³/mol. The molecule has 8 nitrogen and oxygen atoms in total. The van der Waals surface area contributed by atoms with Gasteiger partial charge in [0.15, 0.2) is 6.10 Å². The molecule has 1 aliphatic heterocycles. The van der Waals surface area contributed by atoms with Gasteiger partial charge in [-0.2, -0.15) is 5.10 Å². The summed E-state index contributed by atoms with van der Waals surface area (Å²) < 4.78 is 5.02. The van der Waals surface area contributed by atoms with Crippen molar-refractivity contribution in [2.45, 2.75) is 38.8 Å². The molecule has 0 aromatic carbocycles. The van der Waals surface area contributed by atoms with Gasteiger partial charge in [0.25, 0.3) is 0 Å². The number of nitrogens with zero attached hydrogens (tertiary/aromatic N) is 4. The third kappa shape index (κ3) is 5.03. The number of aromatic nitrogens is 4. The molecular formula is C22H24N6O2S. The molecule has 1 unspecified atom stereocenters. The zero-order valence-corrected chi connectivity index (χ0v) is 18.1. The number of aromatic amines is 1. The maximum absolute atomic E-state index is 11.8. The van der Waals surface area contributed by atoms with Crippen LogP contribution in [0.2, 0.25) is 0 Å². The third-order valence-electron chi connectivity index (χ3n) is 4.98. The van der Waals surface area contributed by atoms with Crippen molar-refractivity contribution in [1.29, 1.82) is 0 Å². The van der Waals surface area contributed by atoms with E-state index in [0.29, 0.717) is 0 Å². The van der Waals surface area contributed by atoms with Gasteiger partial charge in [-0.15, -0.1) is 17.8 Å². The first-order valence-electron chi connectivity index (χ1n) is 10.3. The van der Waals surface area contributed by atoms with Gasteiger partial charge in [-0.05, 0) is 44.4 Å². The maximum Gasteiger partial charge on any atom is 0.408 e. The van der Waals surface area contributed by atoms with Crippen LogP contribution in [-0.4, -0.2) is 45.5 Å². The molecule has 1 saturated heterocycles. The Kier molecular flexibility index (Phi) is 6.48. The number of carbonyl (C=O) groups is 1. The van der Waals surface area contributed by atoms with Crippen LogP contribution >= 0.6 is 11.3 Å². The van der Waals surface area contributed by atoms with Gasteiger partial charge >= 0.3 is 6.09 Å². The summed E-state index contributed by atoms with van der Waals surface area (Å²) in [6.45, 7) is 3.87. The molecule has 0 aliphatic carbocycles. The molecule has 0 spiro atoms. The van der Waals surface area contributed by atoms with Gasteiger partial charge in [-0.3, -0.25) is 10.1 Å². The monoisotopic (exact) mass is 436 g/mol. The lowest BCUT2D eigenvalue weighted by Gasteiger charge is -2.27. The van der Waals surface area contributed by atoms with Gasteiger partial charge in [-0.25, -0.2) is 9.78 Å². The molecular weight excluding hydrogens is 412 g/mol. The van der Waals surface area contributed by atoms with Gasteiger partial charge in [0.2, 0.25) is 0 Å². The number of carbonyl (C=O) groups excluding carboxylic acids is 1. The van der Waals surface area contributed by atoms with Gasteiger partial charge in [-0.1, -0.05) is 5.92 Å². The van der Waals surface area contributed by atoms with E-state index in [0.717, 1.165) is 58.6 Å². The SMILES string of the molecule is C#CC(C)OC(=O)NCc1cc(-c2sc(-c3cccnc3)nc2N2CCCCC2)n[nH]1. The van der Waals surface area contributed by atoms with Crippen molar-refractivity contribution in [3.63, 3.8) is 0 Å². The average molecular weight is 437 g/mol. The van der Waals surface area contributed by atoms with Crippen LogP contribution < -0.4 is 10.2 Å². The Balaban J connectivity index is 1.56. The van der Waals surface area contributed by atoms with E-state index in [-0.39, 0.29) is 6.54 Å². The minimum atomic E-state index is -0.576. The number of anilines is 1. The molecule has 0 saturated carbocycles. The topological polar surface area (TPSA) is 96.0 Å². The minimum Gasteiger partial charge on any atom is -0.433 e. The average Bonchev–Trinajstić information content (AvgIpc) is 3.46. The maximum atomic E-state index is 11.8. The second-order valence-corrected chi connectivity index (χ2v) is 8.31. The lowest BCUT2D eigenvalue weighted by Crippen LogP contribution is -2.30. The first-order valence-corrected chi connectivity index (χ1v) is 11.1. The lowest BCUT2D eigenvalue weighted by atomic mass is 10.1. The number of alkyl carbamates (subject to hydrolysis) is 1. The van der Waals surface area contributed by atoms with Crippen LogP contribution in [0.5, 0.6) is 0 Å². The summed E-state index contributed by atoms with van der Waals surface area (Å²) >= 11 is 1.60. The Morgan fingerprint density at radius 1 is 1.42 bits per heavy atom. The number of piperidine rings is 1. The second kappa shape index (κ2) is 9.62. The molecule has 3 aromatic heterocycles. The quantitative estimate of drug-likeness (QED) is 0.570. The number of H-pyrrole nitrogens is 1. The van der Waals surface area contributed by atoms with Crippen molar-refractivity contribution < 1.29 is 9.53 Å². The van der Waals surface area contributed by atoms with E-state index < -0.39 is 12.2 Å². The number of amides is 1. The molecule has 0 bridgehead atoms. The highest BCUT2D eigenvalue weighted by atomic mass is 32.1. The van der Waals surface area contributed by atoms with Crippen LogP contribution in [0.1, 0.15) is 31.9 Å². The molecule has 1 fully saturated rings. The van der Waals surface area contributed by atoms with E-state index in [1.165, 1.54) is 6.42 Å². The molecule has 1 atom stereocenters. The molecule has 31 heavy (non-hydrogen) atoms. The van der Waals surface area contributed by atoms with Crippen LogP contribution in [0.4, 0.5) is 10.6 Å². The van der Waals surface area contributed by atoms with E-state index in [9.17, 15) is 4.79 Å². The molecule has 160 valence electrons. The fourth-order valence-electron chi connectivity index (χ4n) is 3.38. The number of nitrogens with one attached hydrogen (secondary N) is 2.